The van der Waals surface area contributed by atoms with E-state index in [1.54, 1.807) is 12.0 Å². The summed E-state index contributed by atoms with van der Waals surface area (Å²) < 4.78 is 29.4. The number of amides is 1. The molecule has 29 heavy (non-hydrogen) atoms. The van der Waals surface area contributed by atoms with Crippen molar-refractivity contribution in [3.8, 4) is 5.75 Å². The number of hydrogen-bond acceptors (Lipinski definition) is 4. The number of hydrogen-bond donors (Lipinski definition) is 0. The lowest BCUT2D eigenvalue weighted by atomic mass is 9.86. The lowest BCUT2D eigenvalue weighted by Crippen LogP contribution is -2.40. The molecule has 1 fully saturated rings. The first kappa shape index (κ1) is 21.4. The largest absolute Gasteiger partial charge is 0.497 e. The Morgan fingerprint density at radius 1 is 1.14 bits per heavy atom. The highest BCUT2D eigenvalue weighted by molar-refractivity contribution is 7.91. The Labute approximate surface area is 173 Å². The second-order valence-corrected chi connectivity index (χ2v) is 10.9. The predicted octanol–water partition coefficient (Wildman–Crippen LogP) is 3.82. The highest BCUT2D eigenvalue weighted by atomic mass is 32.2. The Hall–Kier alpha value is -2.34. The predicted molar refractivity (Wildman–Crippen MR) is 115 cm³/mol. The van der Waals surface area contributed by atoms with E-state index >= 15 is 0 Å². The molecule has 6 heteroatoms. The van der Waals surface area contributed by atoms with E-state index in [9.17, 15) is 13.2 Å². The van der Waals surface area contributed by atoms with Crippen molar-refractivity contribution in [1.29, 1.82) is 0 Å². The van der Waals surface area contributed by atoms with Crippen molar-refractivity contribution in [2.24, 2.45) is 0 Å². The Morgan fingerprint density at radius 2 is 1.83 bits per heavy atom. The molecule has 5 nitrogen and oxygen atoms in total. The van der Waals surface area contributed by atoms with Gasteiger partial charge in [-0.2, -0.15) is 0 Å². The Kier molecular flexibility index (Phi) is 6.03. The Balaban J connectivity index is 1.90. The van der Waals surface area contributed by atoms with Crippen LogP contribution in [0.25, 0.3) is 0 Å². The monoisotopic (exact) mass is 415 g/mol. The van der Waals surface area contributed by atoms with Crippen LogP contribution in [0.3, 0.4) is 0 Å². The summed E-state index contributed by atoms with van der Waals surface area (Å²) in [7, 11) is -1.51. The van der Waals surface area contributed by atoms with Gasteiger partial charge in [0, 0.05) is 18.2 Å². The molecule has 1 aliphatic heterocycles. The van der Waals surface area contributed by atoms with E-state index in [2.05, 4.69) is 20.8 Å². The summed E-state index contributed by atoms with van der Waals surface area (Å²) in [6.45, 7) is 6.73. The van der Waals surface area contributed by atoms with Crippen LogP contribution < -0.4 is 4.74 Å². The molecule has 0 unspecified atom stereocenters. The molecule has 1 saturated heterocycles. The number of carbonyl (C=O) groups is 1. The van der Waals surface area contributed by atoms with Crippen LogP contribution in [0.1, 0.15) is 48.7 Å². The van der Waals surface area contributed by atoms with Gasteiger partial charge < -0.3 is 9.64 Å². The lowest BCUT2D eigenvalue weighted by molar-refractivity contribution is 0.0680. The van der Waals surface area contributed by atoms with Gasteiger partial charge in [0.05, 0.1) is 18.6 Å². The zero-order valence-electron chi connectivity index (χ0n) is 17.5. The van der Waals surface area contributed by atoms with Crippen LogP contribution in [0.5, 0.6) is 5.75 Å². The maximum atomic E-state index is 13.4. The fraction of sp³-hybridized carbons (Fsp3) is 0.435. The van der Waals surface area contributed by atoms with Gasteiger partial charge in [-0.05, 0) is 47.2 Å². The zero-order chi connectivity index (χ0) is 21.2. The van der Waals surface area contributed by atoms with E-state index in [1.165, 1.54) is 0 Å². The van der Waals surface area contributed by atoms with Crippen LogP contribution in [0, 0.1) is 0 Å². The van der Waals surface area contributed by atoms with Gasteiger partial charge in [-0.15, -0.1) is 0 Å². The van der Waals surface area contributed by atoms with E-state index < -0.39 is 9.84 Å². The average molecular weight is 416 g/mol. The van der Waals surface area contributed by atoms with E-state index in [4.69, 9.17) is 4.74 Å². The minimum Gasteiger partial charge on any atom is -0.497 e. The maximum Gasteiger partial charge on any atom is 0.254 e. The van der Waals surface area contributed by atoms with Gasteiger partial charge in [-0.25, -0.2) is 8.42 Å². The molecule has 0 N–H and O–H groups in total. The van der Waals surface area contributed by atoms with Crippen LogP contribution in [-0.4, -0.2) is 43.9 Å². The average Bonchev–Trinajstić information content (AvgIpc) is 3.04. The first-order chi connectivity index (χ1) is 13.6. The van der Waals surface area contributed by atoms with Crippen LogP contribution in [-0.2, 0) is 21.8 Å². The summed E-state index contributed by atoms with van der Waals surface area (Å²) in [5, 5.41) is 0. The summed E-state index contributed by atoms with van der Waals surface area (Å²) in [6, 6.07) is 14.8. The topological polar surface area (TPSA) is 63.7 Å². The minimum atomic E-state index is -3.11. The third-order valence-electron chi connectivity index (χ3n) is 5.39. The molecule has 2 aromatic carbocycles. The first-order valence-corrected chi connectivity index (χ1v) is 11.7. The molecule has 2 aromatic rings. The first-order valence-electron chi connectivity index (χ1n) is 9.84. The van der Waals surface area contributed by atoms with Crippen LogP contribution in [0.15, 0.2) is 48.5 Å². The minimum absolute atomic E-state index is 0.00138. The number of carbonyl (C=O) groups excluding carboxylic acids is 1. The van der Waals surface area contributed by atoms with Crippen molar-refractivity contribution in [3.05, 3.63) is 65.2 Å². The van der Waals surface area contributed by atoms with Crippen molar-refractivity contribution >= 4 is 15.7 Å². The molecule has 0 saturated carbocycles. The Morgan fingerprint density at radius 3 is 2.38 bits per heavy atom. The molecule has 0 bridgehead atoms. The second-order valence-electron chi connectivity index (χ2n) is 8.67. The number of ether oxygens (including phenoxy) is 1. The SMILES string of the molecule is COc1cccc(CN(C(=O)c2ccc(C(C)(C)C)cc2)[C@H]2CCS(=O)(=O)C2)c1. The summed E-state index contributed by atoms with van der Waals surface area (Å²) in [5.41, 5.74) is 2.64. The van der Waals surface area contributed by atoms with Gasteiger partial charge >= 0.3 is 0 Å². The lowest BCUT2D eigenvalue weighted by Gasteiger charge is -2.29. The summed E-state index contributed by atoms with van der Waals surface area (Å²) in [6.07, 6.45) is 0.470. The van der Waals surface area contributed by atoms with Crippen LogP contribution in [0.2, 0.25) is 0 Å². The van der Waals surface area contributed by atoms with Gasteiger partial charge in [0.2, 0.25) is 0 Å². The number of methoxy groups -OCH3 is 1. The zero-order valence-corrected chi connectivity index (χ0v) is 18.3. The molecule has 1 atom stereocenters. The van der Waals surface area contributed by atoms with Crippen LogP contribution >= 0.6 is 0 Å². The highest BCUT2D eigenvalue weighted by Gasteiger charge is 2.35. The molecule has 156 valence electrons. The highest BCUT2D eigenvalue weighted by Crippen LogP contribution is 2.26. The maximum absolute atomic E-state index is 13.4. The molecule has 0 spiro atoms. The van der Waals surface area contributed by atoms with E-state index in [-0.39, 0.29) is 28.9 Å². The molecule has 1 amide bonds. The number of sulfone groups is 1. The van der Waals surface area contributed by atoms with Crippen molar-refractivity contribution in [1.82, 2.24) is 4.90 Å². The van der Waals surface area contributed by atoms with Gasteiger partial charge in [-0.1, -0.05) is 45.0 Å². The van der Waals surface area contributed by atoms with E-state index in [0.717, 1.165) is 11.1 Å². The molecule has 0 aliphatic carbocycles. The fourth-order valence-corrected chi connectivity index (χ4v) is 5.36. The van der Waals surface area contributed by atoms with Gasteiger partial charge in [0.15, 0.2) is 9.84 Å². The van der Waals surface area contributed by atoms with Crippen molar-refractivity contribution in [2.75, 3.05) is 18.6 Å². The van der Waals surface area contributed by atoms with Crippen molar-refractivity contribution < 1.29 is 17.9 Å². The standard InChI is InChI=1S/C23H29NO4S/c1-23(2,3)19-10-8-18(9-11-19)22(25)24(20-12-13-29(26,27)16-20)15-17-6-5-7-21(14-17)28-4/h5-11,14,20H,12-13,15-16H2,1-4H3/t20-/m0/s1. The quantitative estimate of drug-likeness (QED) is 0.745. The van der Waals surface area contributed by atoms with Crippen molar-refractivity contribution in [3.63, 3.8) is 0 Å². The third-order valence-corrected chi connectivity index (χ3v) is 7.15. The fourth-order valence-electron chi connectivity index (χ4n) is 3.63. The molecule has 1 aliphatic rings. The van der Waals surface area contributed by atoms with E-state index in [1.807, 2.05) is 48.5 Å². The normalized spacial score (nSPS) is 18.4. The van der Waals surface area contributed by atoms with Gasteiger partial charge in [-0.3, -0.25) is 4.79 Å². The number of benzene rings is 2. The summed E-state index contributed by atoms with van der Waals surface area (Å²) >= 11 is 0. The van der Waals surface area contributed by atoms with Crippen LogP contribution in [0.4, 0.5) is 0 Å². The third kappa shape index (κ3) is 5.18. The second kappa shape index (κ2) is 8.19. The number of nitrogens with zero attached hydrogens (tertiary/aromatic N) is 1. The summed E-state index contributed by atoms with van der Waals surface area (Å²) in [5.74, 6) is 0.713. The van der Waals surface area contributed by atoms with Crippen molar-refractivity contribution in [2.45, 2.75) is 45.2 Å². The smallest absolute Gasteiger partial charge is 0.254 e. The molecular formula is C23H29NO4S. The molecule has 0 radical (unpaired) electrons. The summed E-state index contributed by atoms with van der Waals surface area (Å²) in [4.78, 5) is 15.1. The number of rotatable bonds is 5. The van der Waals surface area contributed by atoms with Gasteiger partial charge in [0.25, 0.3) is 5.91 Å². The molecule has 0 aromatic heterocycles. The van der Waals surface area contributed by atoms with E-state index in [0.29, 0.717) is 24.3 Å². The van der Waals surface area contributed by atoms with Gasteiger partial charge in [0.1, 0.15) is 5.75 Å². The molecule has 3 rings (SSSR count). The molecule has 1 heterocycles. The Bertz CT molecular complexity index is 975. The molecular weight excluding hydrogens is 386 g/mol.